The largest absolute Gasteiger partial charge is 0.484 e. The van der Waals surface area contributed by atoms with E-state index in [1.54, 1.807) is 4.90 Å². The summed E-state index contributed by atoms with van der Waals surface area (Å²) >= 11 is 0. The molecular formula is C20H29N3O3. The summed E-state index contributed by atoms with van der Waals surface area (Å²) in [6, 6.07) is 8.03. The van der Waals surface area contributed by atoms with Crippen LogP contribution < -0.4 is 10.1 Å². The van der Waals surface area contributed by atoms with Crippen molar-refractivity contribution in [3.05, 3.63) is 29.8 Å². The predicted octanol–water partition coefficient (Wildman–Crippen LogP) is 2.56. The Balaban J connectivity index is 1.45. The fourth-order valence-electron chi connectivity index (χ4n) is 3.65. The minimum atomic E-state index is -0.0236. The van der Waals surface area contributed by atoms with E-state index in [0.717, 1.165) is 24.8 Å². The van der Waals surface area contributed by atoms with Gasteiger partial charge in [-0.2, -0.15) is 0 Å². The van der Waals surface area contributed by atoms with Crippen molar-refractivity contribution in [1.82, 2.24) is 15.1 Å². The molecule has 0 aromatic heterocycles. The number of aryl methyl sites for hydroxylation is 1. The normalized spacial score (nSPS) is 18.5. The van der Waals surface area contributed by atoms with Gasteiger partial charge >= 0.3 is 6.03 Å². The van der Waals surface area contributed by atoms with Gasteiger partial charge in [0, 0.05) is 32.2 Å². The van der Waals surface area contributed by atoms with Gasteiger partial charge in [0.15, 0.2) is 6.61 Å². The molecule has 142 valence electrons. The van der Waals surface area contributed by atoms with E-state index < -0.39 is 0 Å². The molecule has 2 fully saturated rings. The average molecular weight is 359 g/mol. The Kier molecular flexibility index (Phi) is 6.36. The molecule has 1 aliphatic heterocycles. The molecule has 6 heteroatoms. The van der Waals surface area contributed by atoms with Gasteiger partial charge in [0.1, 0.15) is 5.75 Å². The third kappa shape index (κ3) is 5.13. The first-order valence-electron chi connectivity index (χ1n) is 9.64. The zero-order valence-corrected chi connectivity index (χ0v) is 15.6. The van der Waals surface area contributed by atoms with Gasteiger partial charge in [-0.1, -0.05) is 25.0 Å². The molecule has 1 aromatic carbocycles. The zero-order valence-electron chi connectivity index (χ0n) is 15.6. The predicted molar refractivity (Wildman–Crippen MR) is 100 cm³/mol. The summed E-state index contributed by atoms with van der Waals surface area (Å²) in [7, 11) is 0. The van der Waals surface area contributed by atoms with Gasteiger partial charge in [-0.25, -0.2) is 4.79 Å². The van der Waals surface area contributed by atoms with Gasteiger partial charge in [0.25, 0.3) is 5.91 Å². The van der Waals surface area contributed by atoms with E-state index in [1.807, 2.05) is 36.1 Å². The first kappa shape index (κ1) is 18.5. The molecule has 1 aliphatic carbocycles. The van der Waals surface area contributed by atoms with Crippen molar-refractivity contribution in [3.8, 4) is 5.75 Å². The highest BCUT2D eigenvalue weighted by Gasteiger charge is 2.24. The molecule has 0 spiro atoms. The smallest absolute Gasteiger partial charge is 0.317 e. The van der Waals surface area contributed by atoms with Crippen LogP contribution in [0.3, 0.4) is 0 Å². The van der Waals surface area contributed by atoms with Crippen molar-refractivity contribution in [1.29, 1.82) is 0 Å². The lowest BCUT2D eigenvalue weighted by Crippen LogP contribution is -2.46. The van der Waals surface area contributed by atoms with Crippen molar-refractivity contribution in [3.63, 3.8) is 0 Å². The van der Waals surface area contributed by atoms with Crippen molar-refractivity contribution < 1.29 is 14.3 Å². The molecule has 6 nitrogen and oxygen atoms in total. The Hall–Kier alpha value is -2.24. The fourth-order valence-corrected chi connectivity index (χ4v) is 3.65. The summed E-state index contributed by atoms with van der Waals surface area (Å²) in [5.74, 6) is 0.690. The van der Waals surface area contributed by atoms with Crippen molar-refractivity contribution >= 4 is 11.9 Å². The van der Waals surface area contributed by atoms with E-state index in [1.165, 1.54) is 12.8 Å². The topological polar surface area (TPSA) is 61.9 Å². The highest BCUT2D eigenvalue weighted by molar-refractivity contribution is 5.78. The van der Waals surface area contributed by atoms with Crippen molar-refractivity contribution in [2.45, 2.75) is 45.1 Å². The number of amides is 3. The maximum atomic E-state index is 12.4. The highest BCUT2D eigenvalue weighted by Crippen LogP contribution is 2.18. The van der Waals surface area contributed by atoms with Crippen LogP contribution in [0.25, 0.3) is 0 Å². The van der Waals surface area contributed by atoms with E-state index in [0.29, 0.717) is 38.0 Å². The van der Waals surface area contributed by atoms with Gasteiger partial charge in [0.05, 0.1) is 0 Å². The first-order valence-corrected chi connectivity index (χ1v) is 9.64. The molecule has 0 unspecified atom stereocenters. The summed E-state index contributed by atoms with van der Waals surface area (Å²) in [6.45, 7) is 4.54. The molecule has 1 N–H and O–H groups in total. The number of urea groups is 1. The molecule has 3 amide bonds. The summed E-state index contributed by atoms with van der Waals surface area (Å²) in [5.41, 5.74) is 1.11. The van der Waals surface area contributed by atoms with Gasteiger partial charge in [-0.3, -0.25) is 4.79 Å². The van der Waals surface area contributed by atoms with Crippen LogP contribution in [0.1, 0.15) is 37.7 Å². The molecule has 0 atom stereocenters. The maximum absolute atomic E-state index is 12.4. The maximum Gasteiger partial charge on any atom is 0.317 e. The average Bonchev–Trinajstić information content (AvgIpc) is 3.01. The fraction of sp³-hybridized carbons (Fsp3) is 0.600. The molecule has 0 radical (unpaired) electrons. The number of nitrogens with zero attached hydrogens (tertiary/aromatic N) is 2. The monoisotopic (exact) mass is 359 g/mol. The second-order valence-corrected chi connectivity index (χ2v) is 7.26. The second kappa shape index (κ2) is 8.92. The Bertz CT molecular complexity index is 628. The summed E-state index contributed by atoms with van der Waals surface area (Å²) < 4.78 is 5.62. The number of nitrogens with one attached hydrogen (secondary N) is 1. The van der Waals surface area contributed by atoms with Crippen molar-refractivity contribution in [2.24, 2.45) is 0 Å². The first-order chi connectivity index (χ1) is 12.6. The number of ether oxygens (including phenoxy) is 1. The van der Waals surface area contributed by atoms with Crippen LogP contribution in [-0.2, 0) is 4.79 Å². The molecule has 26 heavy (non-hydrogen) atoms. The molecule has 2 aliphatic rings. The van der Waals surface area contributed by atoms with Crippen LogP contribution in [0, 0.1) is 6.92 Å². The lowest BCUT2D eigenvalue weighted by atomic mass is 10.2. The number of benzene rings is 1. The highest BCUT2D eigenvalue weighted by atomic mass is 16.5. The minimum absolute atomic E-state index is 0.0159. The Morgan fingerprint density at radius 1 is 1.08 bits per heavy atom. The number of hydrogen-bond donors (Lipinski definition) is 1. The van der Waals surface area contributed by atoms with Crippen LogP contribution in [0.5, 0.6) is 5.75 Å². The standard InChI is InChI=1S/C20H29N3O3/c1-16-6-4-9-18(14-16)26-15-19(24)22-10-5-11-23(13-12-22)20(25)21-17-7-2-3-8-17/h4,6,9,14,17H,2-3,5,7-8,10-13,15H2,1H3,(H,21,25). The number of carbonyl (C=O) groups excluding carboxylic acids is 2. The van der Waals surface area contributed by atoms with Gasteiger partial charge in [0.2, 0.25) is 0 Å². The van der Waals surface area contributed by atoms with E-state index in [9.17, 15) is 9.59 Å². The molecule has 1 saturated carbocycles. The molecular weight excluding hydrogens is 330 g/mol. The summed E-state index contributed by atoms with van der Waals surface area (Å²) in [5, 5.41) is 3.13. The lowest BCUT2D eigenvalue weighted by molar-refractivity contribution is -0.133. The van der Waals surface area contributed by atoms with Crippen LogP contribution in [0.2, 0.25) is 0 Å². The molecule has 0 bridgehead atoms. The van der Waals surface area contributed by atoms with E-state index >= 15 is 0 Å². The number of hydrogen-bond acceptors (Lipinski definition) is 3. The van der Waals surface area contributed by atoms with Crippen LogP contribution in [0.15, 0.2) is 24.3 Å². The van der Waals surface area contributed by atoms with Gasteiger partial charge < -0.3 is 19.9 Å². The van der Waals surface area contributed by atoms with Gasteiger partial charge in [-0.15, -0.1) is 0 Å². The quantitative estimate of drug-likeness (QED) is 0.899. The Labute approximate surface area is 155 Å². The minimum Gasteiger partial charge on any atom is -0.484 e. The summed E-state index contributed by atoms with van der Waals surface area (Å²) in [6.07, 6.45) is 5.37. The van der Waals surface area contributed by atoms with Gasteiger partial charge in [-0.05, 0) is 43.9 Å². The van der Waals surface area contributed by atoms with Crippen LogP contribution >= 0.6 is 0 Å². The third-order valence-electron chi connectivity index (χ3n) is 5.17. The SMILES string of the molecule is Cc1cccc(OCC(=O)N2CCCN(C(=O)NC3CCCC3)CC2)c1. The summed E-state index contributed by atoms with van der Waals surface area (Å²) in [4.78, 5) is 28.5. The number of carbonyl (C=O) groups is 2. The van der Waals surface area contributed by atoms with Crippen molar-refractivity contribution in [2.75, 3.05) is 32.8 Å². The van der Waals surface area contributed by atoms with E-state index in [2.05, 4.69) is 5.32 Å². The van der Waals surface area contributed by atoms with E-state index in [-0.39, 0.29) is 18.5 Å². The second-order valence-electron chi connectivity index (χ2n) is 7.26. The zero-order chi connectivity index (χ0) is 18.4. The Morgan fingerprint density at radius 2 is 1.81 bits per heavy atom. The van der Waals surface area contributed by atoms with Crippen LogP contribution in [-0.4, -0.2) is 60.6 Å². The number of rotatable bonds is 4. The van der Waals surface area contributed by atoms with Crippen LogP contribution in [0.4, 0.5) is 4.79 Å². The molecule has 1 saturated heterocycles. The molecule has 3 rings (SSSR count). The lowest BCUT2D eigenvalue weighted by Gasteiger charge is -2.24. The third-order valence-corrected chi connectivity index (χ3v) is 5.17. The van der Waals surface area contributed by atoms with E-state index in [4.69, 9.17) is 4.74 Å². The molecule has 1 aromatic rings. The molecule has 1 heterocycles. The Morgan fingerprint density at radius 3 is 2.58 bits per heavy atom.